The molecule has 0 fully saturated rings. The maximum atomic E-state index is 2.40. The number of benzene rings is 2. The van der Waals surface area contributed by atoms with Gasteiger partial charge in [-0.3, -0.25) is 0 Å². The normalized spacial score (nSPS) is 19.4. The van der Waals surface area contributed by atoms with Gasteiger partial charge in [-0.1, -0.05) is 60.7 Å². The molecular weight excluding hydrogens is 278 g/mol. The van der Waals surface area contributed by atoms with E-state index in [9.17, 15) is 0 Å². The molecule has 0 bridgehead atoms. The van der Waals surface area contributed by atoms with Gasteiger partial charge < -0.3 is 0 Å². The van der Waals surface area contributed by atoms with Crippen molar-refractivity contribution in [3.63, 3.8) is 0 Å². The van der Waals surface area contributed by atoms with Gasteiger partial charge in [-0.2, -0.15) is 0 Å². The fourth-order valence-electron chi connectivity index (χ4n) is 4.00. The van der Waals surface area contributed by atoms with Gasteiger partial charge in [0.2, 0.25) is 0 Å². The molecule has 2 unspecified atom stereocenters. The quantitative estimate of drug-likeness (QED) is 0.720. The first-order valence-corrected chi connectivity index (χ1v) is 8.29. The minimum absolute atomic E-state index is 0. The van der Waals surface area contributed by atoms with Crippen molar-refractivity contribution in [3.05, 3.63) is 81.9 Å². The van der Waals surface area contributed by atoms with E-state index in [-0.39, 0.29) is 37.7 Å². The Balaban J connectivity index is 0.00000104. The Morgan fingerprint density at radius 3 is 1.50 bits per heavy atom. The molecule has 0 amide bonds. The van der Waals surface area contributed by atoms with Crippen LogP contribution < -0.4 is 0 Å². The van der Waals surface area contributed by atoms with Gasteiger partial charge in [0.05, 0.1) is 0 Å². The van der Waals surface area contributed by atoms with Crippen LogP contribution >= 0.6 is 0 Å². The Hall–Kier alpha value is -0.885. The van der Waals surface area contributed by atoms with Gasteiger partial charge in [0.1, 0.15) is 0 Å². The van der Waals surface area contributed by atoms with Crippen LogP contribution in [-0.2, 0) is 0 Å². The number of rotatable bonds is 3. The van der Waals surface area contributed by atoms with Gasteiger partial charge in [0.25, 0.3) is 0 Å². The monoisotopic (exact) mass is 302 g/mol. The van der Waals surface area contributed by atoms with E-state index in [2.05, 4.69) is 74.5 Å². The van der Waals surface area contributed by atoms with Crippen LogP contribution in [0.15, 0.2) is 48.6 Å². The van der Waals surface area contributed by atoms with Crippen molar-refractivity contribution in [3.8, 4) is 0 Å². The van der Waals surface area contributed by atoms with E-state index in [1.165, 1.54) is 46.2 Å². The van der Waals surface area contributed by atoms with Crippen LogP contribution in [-0.4, -0.2) is 37.7 Å². The average molecular weight is 302 g/mol. The second-order valence-electron chi connectivity index (χ2n) is 6.66. The SMILES string of the molecule is Cc1cccc2c1C=CC2CCC1C=Cc2c(C)cccc21.[LiH].[LiH]. The third-order valence-corrected chi connectivity index (χ3v) is 5.29. The topological polar surface area (TPSA) is 0 Å². The molecule has 2 aromatic carbocycles. The molecule has 0 spiro atoms. The van der Waals surface area contributed by atoms with Crippen LogP contribution in [0, 0.1) is 13.8 Å². The zero-order chi connectivity index (χ0) is 15.1. The first-order chi connectivity index (χ1) is 10.7. The molecule has 0 heterocycles. The molecule has 0 N–H and O–H groups in total. The molecule has 2 heteroatoms. The van der Waals surface area contributed by atoms with Gasteiger partial charge >= 0.3 is 37.7 Å². The summed E-state index contributed by atoms with van der Waals surface area (Å²) < 4.78 is 0. The molecule has 4 rings (SSSR count). The zero-order valence-corrected chi connectivity index (χ0v) is 13.3. The maximum absolute atomic E-state index is 2.40. The van der Waals surface area contributed by atoms with Crippen LogP contribution in [0.4, 0.5) is 0 Å². The Labute approximate surface area is 169 Å². The molecule has 24 heavy (non-hydrogen) atoms. The number of aryl methyl sites for hydroxylation is 2. The van der Waals surface area contributed by atoms with E-state index in [0.29, 0.717) is 11.8 Å². The predicted octanol–water partition coefficient (Wildman–Crippen LogP) is 4.71. The molecule has 0 saturated carbocycles. The van der Waals surface area contributed by atoms with E-state index in [1.54, 1.807) is 0 Å². The number of fused-ring (bicyclic) bond motifs is 2. The second kappa shape index (κ2) is 8.00. The van der Waals surface area contributed by atoms with Crippen LogP contribution in [0.1, 0.15) is 58.1 Å². The molecule has 2 aliphatic carbocycles. The number of hydrogen-bond acceptors (Lipinski definition) is 0. The van der Waals surface area contributed by atoms with E-state index in [1.807, 2.05) is 0 Å². The predicted molar refractivity (Wildman–Crippen MR) is 109 cm³/mol. The van der Waals surface area contributed by atoms with Crippen molar-refractivity contribution in [2.24, 2.45) is 0 Å². The molecule has 0 nitrogen and oxygen atoms in total. The molecule has 0 radical (unpaired) electrons. The molecule has 114 valence electrons. The Morgan fingerprint density at radius 2 is 1.08 bits per heavy atom. The van der Waals surface area contributed by atoms with Crippen molar-refractivity contribution >= 4 is 49.9 Å². The summed E-state index contributed by atoms with van der Waals surface area (Å²) in [6, 6.07) is 13.4. The van der Waals surface area contributed by atoms with Crippen LogP contribution in [0.3, 0.4) is 0 Å². The zero-order valence-electron chi connectivity index (χ0n) is 13.3. The van der Waals surface area contributed by atoms with Gasteiger partial charge in [-0.05, 0) is 60.1 Å². The van der Waals surface area contributed by atoms with Crippen molar-refractivity contribution in [2.75, 3.05) is 0 Å². The summed E-state index contributed by atoms with van der Waals surface area (Å²) in [5.41, 5.74) is 8.74. The standard InChI is InChI=1S/C22H22.2Li.2H/c1-15-5-3-7-21-17(11-13-19(15)21)9-10-18-12-14-20-16(2)6-4-8-22(18)20;;;;/h3-8,11-14,17-18H,9-10H2,1-2H3;;;;. The second-order valence-corrected chi connectivity index (χ2v) is 6.66. The Bertz CT molecular complexity index is 719. The van der Waals surface area contributed by atoms with Crippen molar-refractivity contribution in [1.29, 1.82) is 0 Å². The van der Waals surface area contributed by atoms with Crippen LogP contribution in [0.25, 0.3) is 12.2 Å². The molecular formula is C22H24Li2. The molecule has 2 atom stereocenters. The Kier molecular flexibility index (Phi) is 6.48. The summed E-state index contributed by atoms with van der Waals surface area (Å²) in [6.07, 6.45) is 11.9. The summed E-state index contributed by atoms with van der Waals surface area (Å²) in [5, 5.41) is 0. The van der Waals surface area contributed by atoms with Gasteiger partial charge in [-0.15, -0.1) is 0 Å². The van der Waals surface area contributed by atoms with Gasteiger partial charge in [0, 0.05) is 11.8 Å². The van der Waals surface area contributed by atoms with E-state index in [0.717, 1.165) is 0 Å². The van der Waals surface area contributed by atoms with E-state index in [4.69, 9.17) is 0 Å². The Morgan fingerprint density at radius 1 is 0.667 bits per heavy atom. The van der Waals surface area contributed by atoms with Gasteiger partial charge in [0.15, 0.2) is 0 Å². The average Bonchev–Trinajstić information content (AvgIpc) is 3.11. The van der Waals surface area contributed by atoms with Crippen molar-refractivity contribution < 1.29 is 0 Å². The third-order valence-electron chi connectivity index (χ3n) is 5.29. The fraction of sp³-hybridized carbons (Fsp3) is 0.273. The van der Waals surface area contributed by atoms with Crippen molar-refractivity contribution in [2.45, 2.75) is 38.5 Å². The number of allylic oxidation sites excluding steroid dienone is 2. The first-order valence-electron chi connectivity index (χ1n) is 8.29. The van der Waals surface area contributed by atoms with E-state index < -0.39 is 0 Å². The third kappa shape index (κ3) is 3.40. The summed E-state index contributed by atoms with van der Waals surface area (Å²) in [7, 11) is 0. The summed E-state index contributed by atoms with van der Waals surface area (Å²) in [5.74, 6) is 1.19. The first kappa shape index (κ1) is 19.4. The summed E-state index contributed by atoms with van der Waals surface area (Å²) >= 11 is 0. The van der Waals surface area contributed by atoms with Gasteiger partial charge in [-0.25, -0.2) is 0 Å². The molecule has 0 saturated heterocycles. The summed E-state index contributed by atoms with van der Waals surface area (Å²) in [6.45, 7) is 4.43. The molecule has 2 aliphatic rings. The van der Waals surface area contributed by atoms with E-state index >= 15 is 0 Å². The minimum atomic E-state index is 0. The number of hydrogen-bond donors (Lipinski definition) is 0. The van der Waals surface area contributed by atoms with Crippen molar-refractivity contribution in [1.82, 2.24) is 0 Å². The summed E-state index contributed by atoms with van der Waals surface area (Å²) in [4.78, 5) is 0. The van der Waals surface area contributed by atoms with Crippen LogP contribution in [0.2, 0.25) is 0 Å². The molecule has 0 aliphatic heterocycles. The molecule has 2 aromatic rings. The molecule has 0 aromatic heterocycles. The van der Waals surface area contributed by atoms with Crippen LogP contribution in [0.5, 0.6) is 0 Å². The fourth-order valence-corrected chi connectivity index (χ4v) is 4.00.